The van der Waals surface area contributed by atoms with Crippen LogP contribution in [0.15, 0.2) is 42.5 Å². The average molecular weight is 376 g/mol. The lowest BCUT2D eigenvalue weighted by molar-refractivity contribution is 0.382. The number of ether oxygens (including phenoxy) is 1. The SMILES string of the molecule is COc1ccccc1N1CCN(C(=S)Nc2ccc(C)cc2Cl)CC1. The Hall–Kier alpha value is -1.98. The first-order valence-corrected chi connectivity index (χ1v) is 9.07. The van der Waals surface area contributed by atoms with Gasteiger partial charge in [-0.15, -0.1) is 0 Å². The molecule has 0 radical (unpaired) electrons. The molecule has 1 aliphatic heterocycles. The van der Waals surface area contributed by atoms with E-state index in [1.807, 2.05) is 43.3 Å². The summed E-state index contributed by atoms with van der Waals surface area (Å²) in [5.41, 5.74) is 3.11. The molecule has 2 aromatic carbocycles. The summed E-state index contributed by atoms with van der Waals surface area (Å²) in [7, 11) is 1.71. The Balaban J connectivity index is 1.61. The van der Waals surface area contributed by atoms with Gasteiger partial charge in [0.05, 0.1) is 23.5 Å². The summed E-state index contributed by atoms with van der Waals surface area (Å²) in [5.74, 6) is 0.906. The molecule has 1 heterocycles. The van der Waals surface area contributed by atoms with E-state index >= 15 is 0 Å². The van der Waals surface area contributed by atoms with Crippen LogP contribution in [0.1, 0.15) is 5.56 Å². The molecular formula is C19H22ClN3OS. The van der Waals surface area contributed by atoms with Crippen LogP contribution in [-0.4, -0.2) is 43.3 Å². The van der Waals surface area contributed by atoms with E-state index in [2.05, 4.69) is 21.2 Å². The fourth-order valence-corrected chi connectivity index (χ4v) is 3.53. The Kier molecular flexibility index (Phi) is 5.66. The number of anilines is 2. The number of methoxy groups -OCH3 is 1. The highest BCUT2D eigenvalue weighted by molar-refractivity contribution is 7.80. The molecular weight excluding hydrogens is 354 g/mol. The highest BCUT2D eigenvalue weighted by Crippen LogP contribution is 2.28. The molecule has 0 atom stereocenters. The van der Waals surface area contributed by atoms with Crippen LogP contribution < -0.4 is 15.0 Å². The normalized spacial score (nSPS) is 14.4. The zero-order chi connectivity index (χ0) is 17.8. The highest BCUT2D eigenvalue weighted by Gasteiger charge is 2.21. The molecule has 0 saturated carbocycles. The summed E-state index contributed by atoms with van der Waals surface area (Å²) in [6, 6.07) is 14.0. The number of hydrogen-bond donors (Lipinski definition) is 1. The Morgan fingerprint density at radius 2 is 1.84 bits per heavy atom. The average Bonchev–Trinajstić information content (AvgIpc) is 2.64. The van der Waals surface area contributed by atoms with Gasteiger partial charge in [0.15, 0.2) is 5.11 Å². The third-order valence-corrected chi connectivity index (χ3v) is 5.03. The van der Waals surface area contributed by atoms with Gasteiger partial charge in [-0.3, -0.25) is 0 Å². The van der Waals surface area contributed by atoms with Gasteiger partial charge in [-0.2, -0.15) is 0 Å². The van der Waals surface area contributed by atoms with E-state index in [-0.39, 0.29) is 0 Å². The number of hydrogen-bond acceptors (Lipinski definition) is 3. The number of rotatable bonds is 3. The summed E-state index contributed by atoms with van der Waals surface area (Å²) in [4.78, 5) is 4.51. The van der Waals surface area contributed by atoms with Crippen molar-refractivity contribution >= 4 is 40.3 Å². The smallest absolute Gasteiger partial charge is 0.173 e. The molecule has 1 aliphatic rings. The molecule has 6 heteroatoms. The second-order valence-corrected chi connectivity index (χ2v) is 6.85. The first-order chi connectivity index (χ1) is 12.1. The van der Waals surface area contributed by atoms with Crippen molar-refractivity contribution in [1.82, 2.24) is 4.90 Å². The molecule has 0 aromatic heterocycles. The Bertz CT molecular complexity index is 760. The summed E-state index contributed by atoms with van der Waals surface area (Å²) >= 11 is 11.9. The van der Waals surface area contributed by atoms with Crippen molar-refractivity contribution in [1.29, 1.82) is 0 Å². The van der Waals surface area contributed by atoms with E-state index < -0.39 is 0 Å². The zero-order valence-electron chi connectivity index (χ0n) is 14.5. The predicted octanol–water partition coefficient (Wildman–Crippen LogP) is 4.18. The number of piperazine rings is 1. The molecule has 132 valence electrons. The van der Waals surface area contributed by atoms with Gasteiger partial charge < -0.3 is 19.9 Å². The molecule has 1 N–H and O–H groups in total. The van der Waals surface area contributed by atoms with Crippen molar-refractivity contribution in [2.24, 2.45) is 0 Å². The predicted molar refractivity (Wildman–Crippen MR) is 109 cm³/mol. The summed E-state index contributed by atoms with van der Waals surface area (Å²) < 4.78 is 5.47. The Morgan fingerprint density at radius 1 is 1.12 bits per heavy atom. The van der Waals surface area contributed by atoms with Crippen LogP contribution >= 0.6 is 23.8 Å². The summed E-state index contributed by atoms with van der Waals surface area (Å²) in [6.07, 6.45) is 0. The van der Waals surface area contributed by atoms with Gasteiger partial charge in [-0.25, -0.2) is 0 Å². The molecule has 1 saturated heterocycles. The van der Waals surface area contributed by atoms with E-state index in [4.69, 9.17) is 28.6 Å². The van der Waals surface area contributed by atoms with Crippen molar-refractivity contribution in [2.75, 3.05) is 43.5 Å². The van der Waals surface area contributed by atoms with Crippen LogP contribution in [0.2, 0.25) is 5.02 Å². The van der Waals surface area contributed by atoms with E-state index in [0.717, 1.165) is 48.9 Å². The minimum absolute atomic E-state index is 0.690. The maximum absolute atomic E-state index is 6.29. The maximum atomic E-state index is 6.29. The van der Waals surface area contributed by atoms with E-state index in [0.29, 0.717) is 10.1 Å². The number of para-hydroxylation sites is 2. The molecule has 0 unspecified atom stereocenters. The van der Waals surface area contributed by atoms with Crippen molar-refractivity contribution in [3.05, 3.63) is 53.1 Å². The minimum Gasteiger partial charge on any atom is -0.495 e. The molecule has 3 rings (SSSR count). The third kappa shape index (κ3) is 4.17. The van der Waals surface area contributed by atoms with E-state index in [9.17, 15) is 0 Å². The van der Waals surface area contributed by atoms with Crippen molar-refractivity contribution in [2.45, 2.75) is 6.92 Å². The van der Waals surface area contributed by atoms with Gasteiger partial charge >= 0.3 is 0 Å². The van der Waals surface area contributed by atoms with Crippen molar-refractivity contribution in [3.8, 4) is 5.75 Å². The van der Waals surface area contributed by atoms with Crippen LogP contribution in [-0.2, 0) is 0 Å². The van der Waals surface area contributed by atoms with Gasteiger partial charge in [0.2, 0.25) is 0 Å². The van der Waals surface area contributed by atoms with Gasteiger partial charge in [-0.1, -0.05) is 29.8 Å². The standard InChI is InChI=1S/C19H22ClN3OS/c1-14-7-8-16(15(20)13-14)21-19(25)23-11-9-22(10-12-23)17-5-3-4-6-18(17)24-2/h3-8,13H,9-12H2,1-2H3,(H,21,25). The molecule has 0 amide bonds. The fraction of sp³-hybridized carbons (Fsp3) is 0.316. The van der Waals surface area contributed by atoms with Gasteiger partial charge in [0, 0.05) is 26.2 Å². The lowest BCUT2D eigenvalue weighted by atomic mass is 10.2. The second-order valence-electron chi connectivity index (χ2n) is 6.06. The van der Waals surface area contributed by atoms with Crippen molar-refractivity contribution < 1.29 is 4.74 Å². The molecule has 25 heavy (non-hydrogen) atoms. The lowest BCUT2D eigenvalue weighted by Gasteiger charge is -2.37. The van der Waals surface area contributed by atoms with Gasteiger partial charge in [0.1, 0.15) is 5.75 Å². The monoisotopic (exact) mass is 375 g/mol. The summed E-state index contributed by atoms with van der Waals surface area (Å²) in [6.45, 7) is 5.51. The molecule has 2 aromatic rings. The van der Waals surface area contributed by atoms with Crippen LogP contribution in [0.25, 0.3) is 0 Å². The Labute approximate surface area is 159 Å². The van der Waals surface area contributed by atoms with Crippen molar-refractivity contribution in [3.63, 3.8) is 0 Å². The number of aryl methyl sites for hydroxylation is 1. The molecule has 0 bridgehead atoms. The quantitative estimate of drug-likeness (QED) is 0.812. The van der Waals surface area contributed by atoms with Gasteiger partial charge in [-0.05, 0) is 49.0 Å². The van der Waals surface area contributed by atoms with Crippen LogP contribution in [0.3, 0.4) is 0 Å². The molecule has 0 spiro atoms. The lowest BCUT2D eigenvalue weighted by Crippen LogP contribution is -2.50. The third-order valence-electron chi connectivity index (χ3n) is 4.36. The van der Waals surface area contributed by atoms with E-state index in [1.165, 1.54) is 0 Å². The van der Waals surface area contributed by atoms with Gasteiger partial charge in [0.25, 0.3) is 0 Å². The van der Waals surface area contributed by atoms with Crippen LogP contribution in [0.4, 0.5) is 11.4 Å². The Morgan fingerprint density at radius 3 is 2.52 bits per heavy atom. The first-order valence-electron chi connectivity index (χ1n) is 8.28. The number of thiocarbonyl (C=S) groups is 1. The zero-order valence-corrected chi connectivity index (χ0v) is 16.0. The molecule has 0 aliphatic carbocycles. The summed E-state index contributed by atoms with van der Waals surface area (Å²) in [5, 5.41) is 4.67. The highest BCUT2D eigenvalue weighted by atomic mass is 35.5. The topological polar surface area (TPSA) is 27.7 Å². The minimum atomic E-state index is 0.690. The number of halogens is 1. The maximum Gasteiger partial charge on any atom is 0.173 e. The second kappa shape index (κ2) is 7.93. The van der Waals surface area contributed by atoms with E-state index in [1.54, 1.807) is 7.11 Å². The molecule has 4 nitrogen and oxygen atoms in total. The number of nitrogens with zero attached hydrogens (tertiary/aromatic N) is 2. The van der Waals surface area contributed by atoms with Crippen LogP contribution in [0.5, 0.6) is 5.75 Å². The van der Waals surface area contributed by atoms with Crippen LogP contribution in [0, 0.1) is 6.92 Å². The first kappa shape index (κ1) is 17.8. The fourth-order valence-electron chi connectivity index (χ4n) is 2.96. The largest absolute Gasteiger partial charge is 0.495 e. The molecule has 1 fully saturated rings. The number of nitrogens with one attached hydrogen (secondary N) is 1. The number of benzene rings is 2.